The van der Waals surface area contributed by atoms with Crippen molar-refractivity contribution in [3.05, 3.63) is 35.9 Å². The fourth-order valence-electron chi connectivity index (χ4n) is 4.05. The molecule has 0 unspecified atom stereocenters. The van der Waals surface area contributed by atoms with Crippen LogP contribution in [-0.2, 0) is 15.9 Å². The Morgan fingerprint density at radius 1 is 1.18 bits per heavy atom. The molecule has 1 spiro atoms. The number of nitriles is 2. The average Bonchev–Trinajstić information content (AvgIpc) is 2.81. The third-order valence-corrected chi connectivity index (χ3v) is 5.07. The molecular formula is C16H14N4O2. The van der Waals surface area contributed by atoms with E-state index >= 15 is 0 Å². The van der Waals surface area contributed by atoms with Crippen molar-refractivity contribution < 1.29 is 9.47 Å². The molecule has 1 aromatic carbocycles. The van der Waals surface area contributed by atoms with Gasteiger partial charge in [-0.05, 0) is 12.0 Å². The monoisotopic (exact) mass is 294 g/mol. The molecule has 6 heteroatoms. The van der Waals surface area contributed by atoms with E-state index in [9.17, 15) is 10.5 Å². The van der Waals surface area contributed by atoms with E-state index in [4.69, 9.17) is 15.2 Å². The van der Waals surface area contributed by atoms with Crippen LogP contribution < -0.4 is 5.73 Å². The number of hydrogen-bond acceptors (Lipinski definition) is 6. The Labute approximate surface area is 127 Å². The second kappa shape index (κ2) is 4.07. The third kappa shape index (κ3) is 1.20. The minimum atomic E-state index is -1.42. The summed E-state index contributed by atoms with van der Waals surface area (Å²) in [5.41, 5.74) is 4.80. The SMILES string of the molecule is N#C[C@@]12C(N)=NC3(OCCO3)[C@]1(C#N)[C@@H]2Cc1ccccc1. The molecule has 22 heavy (non-hydrogen) atoms. The standard InChI is InChI=1S/C16H14N4O2/c17-9-14-12(8-11-4-2-1-3-5-11)15(14,10-18)16(20-13(14)19)21-6-7-22-16/h1-5,12H,6-8H2,(H2,19,20)/t12-,14-,15-/m1/s1. The van der Waals surface area contributed by atoms with Gasteiger partial charge < -0.3 is 15.2 Å². The van der Waals surface area contributed by atoms with Gasteiger partial charge in [0.1, 0.15) is 11.3 Å². The van der Waals surface area contributed by atoms with Crippen molar-refractivity contribution in [1.82, 2.24) is 0 Å². The van der Waals surface area contributed by atoms with Gasteiger partial charge in [-0.25, -0.2) is 4.99 Å². The van der Waals surface area contributed by atoms with Crippen molar-refractivity contribution >= 4 is 5.84 Å². The molecule has 0 amide bonds. The Morgan fingerprint density at radius 3 is 2.45 bits per heavy atom. The van der Waals surface area contributed by atoms with Crippen LogP contribution in [0.3, 0.4) is 0 Å². The molecule has 2 fully saturated rings. The van der Waals surface area contributed by atoms with Crippen molar-refractivity contribution in [1.29, 1.82) is 10.5 Å². The first-order chi connectivity index (χ1) is 10.7. The van der Waals surface area contributed by atoms with Crippen LogP contribution in [0.15, 0.2) is 35.3 Å². The molecule has 3 atom stereocenters. The van der Waals surface area contributed by atoms with Crippen LogP contribution >= 0.6 is 0 Å². The van der Waals surface area contributed by atoms with Gasteiger partial charge in [-0.3, -0.25) is 0 Å². The lowest BCUT2D eigenvalue weighted by Gasteiger charge is -2.25. The van der Waals surface area contributed by atoms with Crippen LogP contribution in [0.2, 0.25) is 0 Å². The highest BCUT2D eigenvalue weighted by molar-refractivity contribution is 5.98. The summed E-state index contributed by atoms with van der Waals surface area (Å²) in [4.78, 5) is 4.23. The van der Waals surface area contributed by atoms with Crippen LogP contribution in [0.4, 0.5) is 0 Å². The number of benzene rings is 1. The van der Waals surface area contributed by atoms with Gasteiger partial charge in [-0.2, -0.15) is 10.5 Å². The number of aliphatic imine (C=N–C) groups is 1. The van der Waals surface area contributed by atoms with Gasteiger partial charge in [-0.1, -0.05) is 30.3 Å². The number of amidine groups is 1. The van der Waals surface area contributed by atoms with E-state index in [0.29, 0.717) is 19.6 Å². The summed E-state index contributed by atoms with van der Waals surface area (Å²) >= 11 is 0. The normalized spacial score (nSPS) is 37.2. The van der Waals surface area contributed by atoms with Crippen LogP contribution in [0.25, 0.3) is 0 Å². The number of fused-ring (bicyclic) bond motifs is 2. The predicted molar refractivity (Wildman–Crippen MR) is 76.0 cm³/mol. The second-order valence-corrected chi connectivity index (χ2v) is 5.86. The van der Waals surface area contributed by atoms with Gasteiger partial charge in [0.15, 0.2) is 5.41 Å². The van der Waals surface area contributed by atoms with Gasteiger partial charge in [-0.15, -0.1) is 0 Å². The molecule has 0 aromatic heterocycles. The van der Waals surface area contributed by atoms with Crippen LogP contribution in [0.1, 0.15) is 5.56 Å². The van der Waals surface area contributed by atoms with E-state index in [1.807, 2.05) is 30.3 Å². The fraction of sp³-hybridized carbons (Fsp3) is 0.438. The van der Waals surface area contributed by atoms with E-state index in [1.54, 1.807) is 0 Å². The number of ether oxygens (including phenoxy) is 2. The molecule has 2 N–H and O–H groups in total. The van der Waals surface area contributed by atoms with E-state index < -0.39 is 16.7 Å². The molecule has 2 aliphatic heterocycles. The Morgan fingerprint density at radius 2 is 1.86 bits per heavy atom. The Hall–Kier alpha value is -2.41. The highest BCUT2D eigenvalue weighted by Gasteiger charge is 2.93. The maximum absolute atomic E-state index is 9.87. The van der Waals surface area contributed by atoms with E-state index in [2.05, 4.69) is 17.1 Å². The summed E-state index contributed by atoms with van der Waals surface area (Å²) in [6.07, 6.45) is 0.562. The minimum Gasteiger partial charge on any atom is -0.386 e. The first kappa shape index (κ1) is 13.3. The largest absolute Gasteiger partial charge is 0.386 e. The second-order valence-electron chi connectivity index (χ2n) is 5.86. The zero-order valence-corrected chi connectivity index (χ0v) is 11.8. The molecule has 3 aliphatic rings. The summed E-state index contributed by atoms with van der Waals surface area (Å²) < 4.78 is 11.3. The lowest BCUT2D eigenvalue weighted by atomic mass is 9.94. The van der Waals surface area contributed by atoms with Crippen LogP contribution in [0.5, 0.6) is 0 Å². The zero-order chi connectivity index (χ0) is 15.4. The van der Waals surface area contributed by atoms with Crippen LogP contribution in [0, 0.1) is 39.4 Å². The third-order valence-electron chi connectivity index (χ3n) is 5.07. The van der Waals surface area contributed by atoms with Crippen molar-refractivity contribution in [2.75, 3.05) is 13.2 Å². The lowest BCUT2D eigenvalue weighted by Crippen LogP contribution is -2.39. The Kier molecular flexibility index (Phi) is 2.45. The van der Waals surface area contributed by atoms with Crippen molar-refractivity contribution in [2.24, 2.45) is 27.5 Å². The van der Waals surface area contributed by atoms with Crippen LogP contribution in [-0.4, -0.2) is 25.0 Å². The van der Waals surface area contributed by atoms with Gasteiger partial charge in [0, 0.05) is 5.92 Å². The summed E-state index contributed by atoms with van der Waals surface area (Å²) in [6.45, 7) is 0.694. The van der Waals surface area contributed by atoms with Crippen molar-refractivity contribution in [3.63, 3.8) is 0 Å². The molecule has 0 bridgehead atoms. The quantitative estimate of drug-likeness (QED) is 0.874. The smallest absolute Gasteiger partial charge is 0.293 e. The van der Waals surface area contributed by atoms with E-state index in [-0.39, 0.29) is 11.8 Å². The zero-order valence-electron chi connectivity index (χ0n) is 11.8. The maximum atomic E-state index is 9.87. The first-order valence-corrected chi connectivity index (χ1v) is 7.17. The highest BCUT2D eigenvalue weighted by Crippen LogP contribution is 2.79. The molecule has 6 nitrogen and oxygen atoms in total. The lowest BCUT2D eigenvalue weighted by molar-refractivity contribution is -0.186. The first-order valence-electron chi connectivity index (χ1n) is 7.17. The fourth-order valence-corrected chi connectivity index (χ4v) is 4.05. The highest BCUT2D eigenvalue weighted by atomic mass is 16.8. The summed E-state index contributed by atoms with van der Waals surface area (Å²) in [6, 6.07) is 14.2. The van der Waals surface area contributed by atoms with E-state index in [0.717, 1.165) is 5.56 Å². The number of nitrogens with zero attached hydrogens (tertiary/aromatic N) is 3. The van der Waals surface area contributed by atoms with Crippen molar-refractivity contribution in [3.8, 4) is 12.1 Å². The number of nitrogens with two attached hydrogens (primary N) is 1. The minimum absolute atomic E-state index is 0.152. The summed E-state index contributed by atoms with van der Waals surface area (Å²) in [7, 11) is 0. The molecule has 1 saturated heterocycles. The van der Waals surface area contributed by atoms with Gasteiger partial charge >= 0.3 is 0 Å². The molecule has 1 saturated carbocycles. The predicted octanol–water partition coefficient (Wildman–Crippen LogP) is 0.950. The molecule has 1 aliphatic carbocycles. The molecule has 1 aromatic rings. The molecule has 2 heterocycles. The summed E-state index contributed by atoms with van der Waals surface area (Å²) in [5, 5.41) is 19.6. The Balaban J connectivity index is 1.80. The van der Waals surface area contributed by atoms with Gasteiger partial charge in [0.2, 0.25) is 0 Å². The number of hydrogen-bond donors (Lipinski definition) is 1. The van der Waals surface area contributed by atoms with Gasteiger partial charge in [0.25, 0.3) is 5.91 Å². The maximum Gasteiger partial charge on any atom is 0.293 e. The molecule has 4 rings (SSSR count). The molecule has 110 valence electrons. The topological polar surface area (TPSA) is 104 Å². The van der Waals surface area contributed by atoms with Gasteiger partial charge in [0.05, 0.1) is 25.4 Å². The summed E-state index contributed by atoms with van der Waals surface area (Å²) in [5.74, 6) is -1.55. The van der Waals surface area contributed by atoms with Crippen molar-refractivity contribution in [2.45, 2.75) is 12.3 Å². The average molecular weight is 294 g/mol. The number of rotatable bonds is 2. The Bertz CT molecular complexity index is 742. The van der Waals surface area contributed by atoms with E-state index in [1.165, 1.54) is 0 Å². The molecule has 0 radical (unpaired) electrons. The molecular weight excluding hydrogens is 280 g/mol.